The van der Waals surface area contributed by atoms with Crippen LogP contribution >= 0.6 is 11.6 Å². The smallest absolute Gasteiger partial charge is 0.0501 e. The van der Waals surface area contributed by atoms with E-state index >= 15 is 0 Å². The highest BCUT2D eigenvalue weighted by Crippen LogP contribution is 2.25. The Labute approximate surface area is 76.4 Å². The molecule has 0 atom stereocenters. The van der Waals surface area contributed by atoms with E-state index in [1.165, 1.54) is 11.1 Å². The molecule has 2 heteroatoms. The first kappa shape index (κ1) is 7.69. The van der Waals surface area contributed by atoms with Gasteiger partial charge in [-0.05, 0) is 24.1 Å². The van der Waals surface area contributed by atoms with Crippen molar-refractivity contribution in [1.29, 1.82) is 0 Å². The highest BCUT2D eigenvalue weighted by atomic mass is 35.5. The van der Waals surface area contributed by atoms with Gasteiger partial charge in [-0.15, -0.1) is 0 Å². The van der Waals surface area contributed by atoms with Gasteiger partial charge in [0.2, 0.25) is 0 Å². The van der Waals surface area contributed by atoms with Crippen LogP contribution in [0.2, 0.25) is 5.02 Å². The second-order valence-corrected chi connectivity index (χ2v) is 3.23. The number of fused-ring (bicyclic) bond motifs is 1. The fourth-order valence-corrected chi connectivity index (χ4v) is 1.70. The molecule has 0 bridgehead atoms. The molecule has 0 unspecified atom stereocenters. The summed E-state index contributed by atoms with van der Waals surface area (Å²) in [6.45, 7) is 2.14. The van der Waals surface area contributed by atoms with Crippen molar-refractivity contribution < 1.29 is 0 Å². The maximum absolute atomic E-state index is 6.01. The number of benzene rings is 1. The minimum Gasteiger partial charge on any atom is -0.361 e. The SMILES string of the molecule is CCc1ccc(Cl)c2cc[nH]c12. The van der Waals surface area contributed by atoms with Crippen LogP contribution in [-0.4, -0.2) is 4.98 Å². The molecule has 0 aliphatic rings. The van der Waals surface area contributed by atoms with Crippen molar-refractivity contribution in [2.45, 2.75) is 13.3 Å². The number of H-pyrrole nitrogens is 1. The van der Waals surface area contributed by atoms with Gasteiger partial charge in [0, 0.05) is 16.6 Å². The Morgan fingerprint density at radius 2 is 2.17 bits per heavy atom. The lowest BCUT2D eigenvalue weighted by Gasteiger charge is -2.00. The molecule has 1 heterocycles. The van der Waals surface area contributed by atoms with E-state index in [-0.39, 0.29) is 0 Å². The Hall–Kier alpha value is -0.950. The van der Waals surface area contributed by atoms with Crippen LogP contribution in [0.4, 0.5) is 0 Å². The van der Waals surface area contributed by atoms with E-state index in [1.54, 1.807) is 0 Å². The molecule has 2 aromatic rings. The van der Waals surface area contributed by atoms with Gasteiger partial charge in [0.05, 0.1) is 5.52 Å². The van der Waals surface area contributed by atoms with Crippen molar-refractivity contribution in [2.24, 2.45) is 0 Å². The highest BCUT2D eigenvalue weighted by Gasteiger charge is 2.02. The molecule has 2 rings (SSSR count). The molecule has 0 amide bonds. The molecule has 0 spiro atoms. The lowest BCUT2D eigenvalue weighted by atomic mass is 10.1. The molecule has 0 fully saturated rings. The van der Waals surface area contributed by atoms with Gasteiger partial charge in [-0.3, -0.25) is 0 Å². The second-order valence-electron chi connectivity index (χ2n) is 2.83. The van der Waals surface area contributed by atoms with Crippen LogP contribution in [-0.2, 0) is 6.42 Å². The molecule has 62 valence electrons. The lowest BCUT2D eigenvalue weighted by molar-refractivity contribution is 1.15. The van der Waals surface area contributed by atoms with Crippen molar-refractivity contribution in [3.05, 3.63) is 35.0 Å². The molecule has 0 saturated heterocycles. The van der Waals surface area contributed by atoms with Gasteiger partial charge < -0.3 is 4.98 Å². The second kappa shape index (κ2) is 2.83. The van der Waals surface area contributed by atoms with Gasteiger partial charge >= 0.3 is 0 Å². The fourth-order valence-electron chi connectivity index (χ4n) is 1.48. The Morgan fingerprint density at radius 1 is 1.33 bits per heavy atom. The first-order valence-electron chi connectivity index (χ1n) is 4.07. The van der Waals surface area contributed by atoms with Crippen molar-refractivity contribution in [3.8, 4) is 0 Å². The van der Waals surface area contributed by atoms with Crippen LogP contribution in [0.5, 0.6) is 0 Å². The average Bonchev–Trinajstić information content (AvgIpc) is 2.54. The zero-order chi connectivity index (χ0) is 8.55. The summed E-state index contributed by atoms with van der Waals surface area (Å²) in [4.78, 5) is 3.20. The number of aryl methyl sites for hydroxylation is 1. The van der Waals surface area contributed by atoms with E-state index in [0.717, 1.165) is 16.8 Å². The Morgan fingerprint density at radius 3 is 2.92 bits per heavy atom. The molecule has 0 radical (unpaired) electrons. The molecule has 0 aliphatic carbocycles. The molecular weight excluding hydrogens is 170 g/mol. The number of nitrogens with one attached hydrogen (secondary N) is 1. The van der Waals surface area contributed by atoms with E-state index in [4.69, 9.17) is 11.6 Å². The van der Waals surface area contributed by atoms with E-state index in [9.17, 15) is 0 Å². The number of aromatic amines is 1. The lowest BCUT2D eigenvalue weighted by Crippen LogP contribution is -1.82. The molecule has 12 heavy (non-hydrogen) atoms. The van der Waals surface area contributed by atoms with Crippen LogP contribution in [0.15, 0.2) is 24.4 Å². The van der Waals surface area contributed by atoms with Gasteiger partial charge in [-0.1, -0.05) is 24.6 Å². The van der Waals surface area contributed by atoms with E-state index in [0.29, 0.717) is 0 Å². The van der Waals surface area contributed by atoms with Gasteiger partial charge in [0.15, 0.2) is 0 Å². The maximum Gasteiger partial charge on any atom is 0.0501 e. The van der Waals surface area contributed by atoms with E-state index < -0.39 is 0 Å². The number of hydrogen-bond donors (Lipinski definition) is 1. The predicted molar refractivity (Wildman–Crippen MR) is 52.7 cm³/mol. The molecule has 1 aromatic carbocycles. The summed E-state index contributed by atoms with van der Waals surface area (Å²) in [6.07, 6.45) is 2.96. The molecule has 1 N–H and O–H groups in total. The fraction of sp³-hybridized carbons (Fsp3) is 0.200. The number of rotatable bonds is 1. The summed E-state index contributed by atoms with van der Waals surface area (Å²) in [6, 6.07) is 6.04. The highest BCUT2D eigenvalue weighted by molar-refractivity contribution is 6.35. The van der Waals surface area contributed by atoms with Gasteiger partial charge in [-0.2, -0.15) is 0 Å². The molecule has 0 aliphatic heterocycles. The summed E-state index contributed by atoms with van der Waals surface area (Å²) >= 11 is 6.01. The third-order valence-corrected chi connectivity index (χ3v) is 2.47. The van der Waals surface area contributed by atoms with Crippen LogP contribution in [0, 0.1) is 0 Å². The van der Waals surface area contributed by atoms with Crippen LogP contribution in [0.3, 0.4) is 0 Å². The zero-order valence-corrected chi connectivity index (χ0v) is 7.65. The summed E-state index contributed by atoms with van der Waals surface area (Å²) < 4.78 is 0. The minimum absolute atomic E-state index is 0.823. The quantitative estimate of drug-likeness (QED) is 0.691. The van der Waals surface area contributed by atoms with Crippen molar-refractivity contribution in [2.75, 3.05) is 0 Å². The zero-order valence-electron chi connectivity index (χ0n) is 6.89. The monoisotopic (exact) mass is 179 g/mol. The summed E-state index contributed by atoms with van der Waals surface area (Å²) in [7, 11) is 0. The van der Waals surface area contributed by atoms with Crippen LogP contribution in [0.25, 0.3) is 10.9 Å². The predicted octanol–water partition coefficient (Wildman–Crippen LogP) is 3.38. The van der Waals surface area contributed by atoms with Gasteiger partial charge in [0.1, 0.15) is 0 Å². The first-order valence-corrected chi connectivity index (χ1v) is 4.45. The molecule has 0 saturated carbocycles. The molecule has 1 nitrogen and oxygen atoms in total. The van der Waals surface area contributed by atoms with Crippen LogP contribution < -0.4 is 0 Å². The number of halogens is 1. The Balaban J connectivity index is 2.82. The largest absolute Gasteiger partial charge is 0.361 e. The first-order chi connectivity index (χ1) is 5.83. The van der Waals surface area contributed by atoms with Crippen molar-refractivity contribution >= 4 is 22.5 Å². The Bertz CT molecular complexity index is 403. The van der Waals surface area contributed by atoms with Crippen molar-refractivity contribution in [3.63, 3.8) is 0 Å². The third-order valence-electron chi connectivity index (χ3n) is 2.14. The Kier molecular flexibility index (Phi) is 1.81. The number of hydrogen-bond acceptors (Lipinski definition) is 0. The minimum atomic E-state index is 0.823. The summed E-state index contributed by atoms with van der Waals surface area (Å²) in [5.74, 6) is 0. The number of aromatic nitrogens is 1. The topological polar surface area (TPSA) is 15.8 Å². The third kappa shape index (κ3) is 1.01. The molecule has 1 aromatic heterocycles. The van der Waals surface area contributed by atoms with Gasteiger partial charge in [0.25, 0.3) is 0 Å². The van der Waals surface area contributed by atoms with Crippen molar-refractivity contribution in [1.82, 2.24) is 4.98 Å². The van der Waals surface area contributed by atoms with E-state index in [1.807, 2.05) is 18.3 Å². The standard InChI is InChI=1S/C10H10ClN/c1-2-7-3-4-9(11)8-5-6-12-10(7)8/h3-6,12H,2H2,1H3. The molecular formula is C10H10ClN. The van der Waals surface area contributed by atoms with E-state index in [2.05, 4.69) is 18.0 Å². The summed E-state index contributed by atoms with van der Waals surface area (Å²) in [5.41, 5.74) is 2.49. The van der Waals surface area contributed by atoms with Crippen LogP contribution in [0.1, 0.15) is 12.5 Å². The maximum atomic E-state index is 6.01. The summed E-state index contributed by atoms with van der Waals surface area (Å²) in [5, 5.41) is 1.94. The average molecular weight is 180 g/mol. The van der Waals surface area contributed by atoms with Gasteiger partial charge in [-0.25, -0.2) is 0 Å². The normalized spacial score (nSPS) is 10.8.